The number of amides is 2. The molecule has 0 atom stereocenters. The Bertz CT molecular complexity index is 1200. The van der Waals surface area contributed by atoms with Crippen molar-refractivity contribution in [3.8, 4) is 0 Å². The number of carbonyl (C=O) groups is 2. The summed E-state index contributed by atoms with van der Waals surface area (Å²) in [7, 11) is 0. The molecular formula is C27H27N3O3. The predicted octanol–water partition coefficient (Wildman–Crippen LogP) is 4.00. The first-order valence-corrected chi connectivity index (χ1v) is 11.3. The molecule has 1 fully saturated rings. The van der Waals surface area contributed by atoms with Gasteiger partial charge in [-0.15, -0.1) is 0 Å². The summed E-state index contributed by atoms with van der Waals surface area (Å²) in [6.07, 6.45) is 1.56. The molecule has 0 radical (unpaired) electrons. The second-order valence-corrected chi connectivity index (χ2v) is 8.68. The summed E-state index contributed by atoms with van der Waals surface area (Å²) in [5, 5.41) is 0. The number of nitrogens with zero attached hydrogens (tertiary/aromatic N) is 3. The summed E-state index contributed by atoms with van der Waals surface area (Å²) in [6, 6.07) is 19.8. The predicted molar refractivity (Wildman–Crippen MR) is 127 cm³/mol. The van der Waals surface area contributed by atoms with Crippen LogP contribution < -0.4 is 4.90 Å². The van der Waals surface area contributed by atoms with E-state index in [-0.39, 0.29) is 18.4 Å². The zero-order valence-corrected chi connectivity index (χ0v) is 19.0. The van der Waals surface area contributed by atoms with Crippen molar-refractivity contribution < 1.29 is 14.0 Å². The van der Waals surface area contributed by atoms with E-state index in [0.29, 0.717) is 30.1 Å². The van der Waals surface area contributed by atoms with E-state index in [0.717, 1.165) is 24.2 Å². The number of hydrogen-bond donors (Lipinski definition) is 0. The van der Waals surface area contributed by atoms with Crippen molar-refractivity contribution in [3.63, 3.8) is 0 Å². The van der Waals surface area contributed by atoms with E-state index in [4.69, 9.17) is 4.42 Å². The Kier molecular flexibility index (Phi) is 5.50. The van der Waals surface area contributed by atoms with E-state index in [1.807, 2.05) is 31.2 Å². The summed E-state index contributed by atoms with van der Waals surface area (Å²) in [5.41, 5.74) is 5.28. The molecule has 3 heterocycles. The van der Waals surface area contributed by atoms with Gasteiger partial charge in [0.05, 0.1) is 18.4 Å². The zero-order valence-electron chi connectivity index (χ0n) is 19.0. The number of furan rings is 1. The second kappa shape index (κ2) is 8.62. The molecule has 0 N–H and O–H groups in total. The zero-order chi connectivity index (χ0) is 22.9. The molecule has 1 aromatic heterocycles. The van der Waals surface area contributed by atoms with Gasteiger partial charge in [0, 0.05) is 31.9 Å². The Balaban J connectivity index is 1.45. The monoisotopic (exact) mass is 441 g/mol. The highest BCUT2D eigenvalue weighted by molar-refractivity contribution is 6.35. The minimum Gasteiger partial charge on any atom is -0.467 e. The van der Waals surface area contributed by atoms with E-state index in [9.17, 15) is 9.59 Å². The van der Waals surface area contributed by atoms with Gasteiger partial charge in [0.15, 0.2) is 0 Å². The fraction of sp³-hybridized carbons (Fsp3) is 0.259. The Morgan fingerprint density at radius 3 is 2.18 bits per heavy atom. The molecule has 2 amide bonds. The van der Waals surface area contributed by atoms with Crippen LogP contribution in [0.1, 0.15) is 22.5 Å². The van der Waals surface area contributed by atoms with Crippen LogP contribution in [0.5, 0.6) is 0 Å². The van der Waals surface area contributed by atoms with E-state index in [1.54, 1.807) is 18.4 Å². The molecule has 2 aliphatic heterocycles. The van der Waals surface area contributed by atoms with Gasteiger partial charge in [-0.25, -0.2) is 0 Å². The van der Waals surface area contributed by atoms with E-state index >= 15 is 0 Å². The lowest BCUT2D eigenvalue weighted by Crippen LogP contribution is -2.47. The van der Waals surface area contributed by atoms with Crippen LogP contribution in [0.4, 0.5) is 5.69 Å². The van der Waals surface area contributed by atoms with Crippen LogP contribution in [0.15, 0.2) is 77.0 Å². The standard InChI is InChI=1S/C27H27N3O3/c1-19-8-10-21(11-9-19)24-25(27(32)30(26(24)31)18-23-7-4-16-33-23)29-14-12-28(13-15-29)22-6-3-5-20(2)17-22/h3-11,16-17H,12-15,18H2,1-2H3. The van der Waals surface area contributed by atoms with Crippen molar-refractivity contribution in [2.45, 2.75) is 20.4 Å². The van der Waals surface area contributed by atoms with Crippen molar-refractivity contribution in [2.24, 2.45) is 0 Å². The molecule has 6 nitrogen and oxygen atoms in total. The van der Waals surface area contributed by atoms with Crippen molar-refractivity contribution >= 4 is 23.1 Å². The first-order valence-electron chi connectivity index (χ1n) is 11.3. The number of imide groups is 1. The number of rotatable bonds is 5. The number of piperazine rings is 1. The quantitative estimate of drug-likeness (QED) is 0.560. The van der Waals surface area contributed by atoms with Crippen LogP contribution >= 0.6 is 0 Å². The maximum absolute atomic E-state index is 13.5. The SMILES string of the molecule is Cc1ccc(C2=C(N3CCN(c4cccc(C)c4)CC3)C(=O)N(Cc3ccco3)C2=O)cc1. The van der Waals surface area contributed by atoms with Crippen LogP contribution in [0.2, 0.25) is 0 Å². The van der Waals surface area contributed by atoms with Gasteiger partial charge in [-0.1, -0.05) is 42.0 Å². The van der Waals surface area contributed by atoms with Crippen LogP contribution in [0.25, 0.3) is 5.57 Å². The normalized spacial score (nSPS) is 16.8. The van der Waals surface area contributed by atoms with E-state index < -0.39 is 0 Å². The van der Waals surface area contributed by atoms with Gasteiger partial charge in [-0.2, -0.15) is 0 Å². The average Bonchev–Trinajstić information content (AvgIpc) is 3.42. The maximum atomic E-state index is 13.5. The summed E-state index contributed by atoms with van der Waals surface area (Å²) >= 11 is 0. The fourth-order valence-electron chi connectivity index (χ4n) is 4.55. The van der Waals surface area contributed by atoms with Crippen molar-refractivity contribution in [3.05, 3.63) is 95.1 Å². The highest BCUT2D eigenvalue weighted by atomic mass is 16.3. The van der Waals surface area contributed by atoms with Gasteiger partial charge in [0.25, 0.3) is 11.8 Å². The first-order chi connectivity index (χ1) is 16.0. The molecule has 33 heavy (non-hydrogen) atoms. The molecule has 0 saturated carbocycles. The Morgan fingerprint density at radius 2 is 1.52 bits per heavy atom. The molecule has 1 saturated heterocycles. The lowest BCUT2D eigenvalue weighted by molar-refractivity contribution is -0.138. The number of anilines is 1. The molecule has 0 aliphatic carbocycles. The lowest BCUT2D eigenvalue weighted by atomic mass is 10.0. The van der Waals surface area contributed by atoms with Crippen LogP contribution in [0.3, 0.4) is 0 Å². The summed E-state index contributed by atoms with van der Waals surface area (Å²) in [6.45, 7) is 7.15. The highest BCUT2D eigenvalue weighted by Gasteiger charge is 2.42. The number of hydrogen-bond acceptors (Lipinski definition) is 5. The molecule has 0 unspecified atom stereocenters. The molecule has 0 spiro atoms. The lowest BCUT2D eigenvalue weighted by Gasteiger charge is -2.37. The highest BCUT2D eigenvalue weighted by Crippen LogP contribution is 2.33. The summed E-state index contributed by atoms with van der Waals surface area (Å²) < 4.78 is 5.42. The largest absolute Gasteiger partial charge is 0.467 e. The Morgan fingerprint density at radius 1 is 0.788 bits per heavy atom. The maximum Gasteiger partial charge on any atom is 0.278 e. The molecule has 168 valence electrons. The fourth-order valence-corrected chi connectivity index (χ4v) is 4.55. The summed E-state index contributed by atoms with van der Waals surface area (Å²) in [5.74, 6) is 0.0674. The number of benzene rings is 2. The first kappa shape index (κ1) is 21.1. The Hall–Kier alpha value is -3.80. The van der Waals surface area contributed by atoms with Crippen LogP contribution in [-0.4, -0.2) is 47.8 Å². The Labute approximate surface area is 193 Å². The molecular weight excluding hydrogens is 414 g/mol. The van der Waals surface area contributed by atoms with Gasteiger partial charge in [-0.05, 0) is 49.2 Å². The van der Waals surface area contributed by atoms with E-state index in [1.165, 1.54) is 16.2 Å². The van der Waals surface area contributed by atoms with E-state index in [2.05, 4.69) is 41.0 Å². The molecule has 5 rings (SSSR count). The molecule has 6 heteroatoms. The number of aryl methyl sites for hydroxylation is 2. The van der Waals surface area contributed by atoms with Gasteiger partial charge in [-0.3, -0.25) is 14.5 Å². The summed E-state index contributed by atoms with van der Waals surface area (Å²) in [4.78, 5) is 32.7. The third-order valence-electron chi connectivity index (χ3n) is 6.34. The molecule has 0 bridgehead atoms. The van der Waals surface area contributed by atoms with Crippen LogP contribution in [-0.2, 0) is 16.1 Å². The van der Waals surface area contributed by atoms with Crippen molar-refractivity contribution in [2.75, 3.05) is 31.1 Å². The minimum atomic E-state index is -0.267. The van der Waals surface area contributed by atoms with Crippen LogP contribution in [0, 0.1) is 13.8 Å². The van der Waals surface area contributed by atoms with Crippen molar-refractivity contribution in [1.29, 1.82) is 0 Å². The number of carbonyl (C=O) groups excluding carboxylic acids is 2. The van der Waals surface area contributed by atoms with Gasteiger partial charge in [0.2, 0.25) is 0 Å². The molecule has 3 aromatic rings. The van der Waals surface area contributed by atoms with Gasteiger partial charge < -0.3 is 14.2 Å². The smallest absolute Gasteiger partial charge is 0.278 e. The van der Waals surface area contributed by atoms with Gasteiger partial charge >= 0.3 is 0 Å². The second-order valence-electron chi connectivity index (χ2n) is 8.68. The minimum absolute atomic E-state index is 0.132. The van der Waals surface area contributed by atoms with Gasteiger partial charge in [0.1, 0.15) is 11.5 Å². The average molecular weight is 442 g/mol. The van der Waals surface area contributed by atoms with Crippen molar-refractivity contribution in [1.82, 2.24) is 9.80 Å². The molecule has 2 aliphatic rings. The third-order valence-corrected chi connectivity index (χ3v) is 6.34. The molecule has 2 aromatic carbocycles. The topological polar surface area (TPSA) is 57.0 Å². The third kappa shape index (κ3) is 4.04.